The van der Waals surface area contributed by atoms with Crippen molar-refractivity contribution in [1.82, 2.24) is 0 Å². The Morgan fingerprint density at radius 1 is 1.22 bits per heavy atom. The molecule has 23 heavy (non-hydrogen) atoms. The number of aryl methyl sites for hydroxylation is 1. The zero-order valence-corrected chi connectivity index (χ0v) is 14.3. The molecule has 0 bridgehead atoms. The SMILES string of the molecule is COc1cccc(C=O)c1OC(=O)COc1ccc(C)cc1Br. The molecule has 0 amide bonds. The Morgan fingerprint density at radius 2 is 2.00 bits per heavy atom. The number of hydrogen-bond donors (Lipinski definition) is 0. The predicted molar refractivity (Wildman–Crippen MR) is 88.4 cm³/mol. The second kappa shape index (κ2) is 7.78. The lowest BCUT2D eigenvalue weighted by molar-refractivity contribution is -0.136. The van der Waals surface area contributed by atoms with Crippen molar-refractivity contribution in [1.29, 1.82) is 0 Å². The predicted octanol–water partition coefficient (Wildman–Crippen LogP) is 3.56. The summed E-state index contributed by atoms with van der Waals surface area (Å²) in [5.74, 6) is 0.286. The molecule has 0 radical (unpaired) electrons. The van der Waals surface area contributed by atoms with Crippen molar-refractivity contribution in [2.75, 3.05) is 13.7 Å². The van der Waals surface area contributed by atoms with Gasteiger partial charge in [0.1, 0.15) is 5.75 Å². The molecule has 0 N–H and O–H groups in total. The standard InChI is InChI=1S/C17H15BrO5/c1-11-6-7-14(13(18)8-11)22-10-16(20)23-17-12(9-19)4-3-5-15(17)21-2/h3-9H,10H2,1-2H3. The van der Waals surface area contributed by atoms with Gasteiger partial charge in [-0.2, -0.15) is 0 Å². The molecule has 6 heteroatoms. The van der Waals surface area contributed by atoms with Crippen molar-refractivity contribution in [2.24, 2.45) is 0 Å². The van der Waals surface area contributed by atoms with Crippen LogP contribution in [0.25, 0.3) is 0 Å². The van der Waals surface area contributed by atoms with E-state index in [9.17, 15) is 9.59 Å². The van der Waals surface area contributed by atoms with Crippen LogP contribution in [0, 0.1) is 6.92 Å². The van der Waals surface area contributed by atoms with Crippen molar-refractivity contribution in [3.05, 3.63) is 52.0 Å². The highest BCUT2D eigenvalue weighted by molar-refractivity contribution is 9.10. The summed E-state index contributed by atoms with van der Waals surface area (Å²) in [4.78, 5) is 23.0. The van der Waals surface area contributed by atoms with Gasteiger partial charge in [-0.1, -0.05) is 12.1 Å². The third kappa shape index (κ3) is 4.32. The van der Waals surface area contributed by atoms with E-state index in [-0.39, 0.29) is 17.9 Å². The molecule has 0 saturated carbocycles. The van der Waals surface area contributed by atoms with Crippen LogP contribution in [0.2, 0.25) is 0 Å². The van der Waals surface area contributed by atoms with E-state index in [0.717, 1.165) is 10.0 Å². The van der Waals surface area contributed by atoms with Gasteiger partial charge in [-0.15, -0.1) is 0 Å². The maximum absolute atomic E-state index is 12.0. The van der Waals surface area contributed by atoms with Crippen LogP contribution in [-0.2, 0) is 4.79 Å². The van der Waals surface area contributed by atoms with Crippen molar-refractivity contribution in [3.63, 3.8) is 0 Å². The Kier molecular flexibility index (Phi) is 5.76. The van der Waals surface area contributed by atoms with Crippen LogP contribution >= 0.6 is 15.9 Å². The van der Waals surface area contributed by atoms with E-state index in [1.807, 2.05) is 19.1 Å². The highest BCUT2D eigenvalue weighted by Gasteiger charge is 2.15. The van der Waals surface area contributed by atoms with Gasteiger partial charge in [-0.3, -0.25) is 4.79 Å². The Balaban J connectivity index is 2.07. The first-order valence-corrected chi connectivity index (χ1v) is 7.56. The van der Waals surface area contributed by atoms with Gasteiger partial charge >= 0.3 is 5.97 Å². The third-order valence-corrected chi connectivity index (χ3v) is 3.62. The van der Waals surface area contributed by atoms with E-state index in [4.69, 9.17) is 14.2 Å². The highest BCUT2D eigenvalue weighted by Crippen LogP contribution is 2.30. The summed E-state index contributed by atoms with van der Waals surface area (Å²) in [5.41, 5.74) is 1.30. The average molecular weight is 379 g/mol. The van der Waals surface area contributed by atoms with Crippen LogP contribution in [0.4, 0.5) is 0 Å². The normalized spacial score (nSPS) is 10.0. The lowest BCUT2D eigenvalue weighted by Gasteiger charge is -2.12. The number of carbonyl (C=O) groups is 2. The maximum atomic E-state index is 12.0. The molecule has 5 nitrogen and oxygen atoms in total. The van der Waals surface area contributed by atoms with Crippen molar-refractivity contribution >= 4 is 28.2 Å². The summed E-state index contributed by atoms with van der Waals surface area (Å²) < 4.78 is 16.5. The minimum Gasteiger partial charge on any atom is -0.493 e. The van der Waals surface area contributed by atoms with Crippen LogP contribution in [0.15, 0.2) is 40.9 Å². The summed E-state index contributed by atoms with van der Waals surface area (Å²) in [6.45, 7) is 1.66. The fourth-order valence-corrected chi connectivity index (χ4v) is 2.51. The van der Waals surface area contributed by atoms with E-state index >= 15 is 0 Å². The number of esters is 1. The molecule has 2 rings (SSSR count). The summed E-state index contributed by atoms with van der Waals surface area (Å²) in [5, 5.41) is 0. The molecular weight excluding hydrogens is 364 g/mol. The topological polar surface area (TPSA) is 61.8 Å². The minimum absolute atomic E-state index is 0.0848. The lowest BCUT2D eigenvalue weighted by atomic mass is 10.2. The quantitative estimate of drug-likeness (QED) is 0.436. The Labute approximate surface area is 142 Å². The van der Waals surface area contributed by atoms with Crippen molar-refractivity contribution < 1.29 is 23.8 Å². The largest absolute Gasteiger partial charge is 0.493 e. The summed E-state index contributed by atoms with van der Waals surface area (Å²) >= 11 is 3.37. The van der Waals surface area contributed by atoms with E-state index in [1.165, 1.54) is 13.2 Å². The zero-order chi connectivity index (χ0) is 16.8. The van der Waals surface area contributed by atoms with E-state index in [2.05, 4.69) is 15.9 Å². The first-order chi connectivity index (χ1) is 11.0. The Bertz CT molecular complexity index is 727. The molecule has 0 heterocycles. The van der Waals surface area contributed by atoms with Crippen LogP contribution in [-0.4, -0.2) is 26.0 Å². The first kappa shape index (κ1) is 17.0. The summed E-state index contributed by atoms with van der Waals surface area (Å²) in [7, 11) is 1.43. The van der Waals surface area contributed by atoms with Gasteiger partial charge in [0, 0.05) is 0 Å². The molecular formula is C17H15BrO5. The van der Waals surface area contributed by atoms with Crippen LogP contribution in [0.1, 0.15) is 15.9 Å². The number of benzene rings is 2. The molecule has 120 valence electrons. The molecule has 0 spiro atoms. The van der Waals surface area contributed by atoms with E-state index < -0.39 is 5.97 Å². The van der Waals surface area contributed by atoms with Crippen molar-refractivity contribution in [3.8, 4) is 17.2 Å². The van der Waals surface area contributed by atoms with Gasteiger partial charge < -0.3 is 14.2 Å². The lowest BCUT2D eigenvalue weighted by Crippen LogP contribution is -2.19. The van der Waals surface area contributed by atoms with E-state index in [1.54, 1.807) is 18.2 Å². The van der Waals surface area contributed by atoms with Gasteiger partial charge in [-0.05, 0) is 52.7 Å². The van der Waals surface area contributed by atoms with Gasteiger partial charge in [0.05, 0.1) is 17.1 Å². The summed E-state index contributed by atoms with van der Waals surface area (Å²) in [6.07, 6.45) is 0.600. The molecule has 0 atom stereocenters. The molecule has 0 saturated heterocycles. The van der Waals surface area contributed by atoms with E-state index in [0.29, 0.717) is 17.8 Å². The first-order valence-electron chi connectivity index (χ1n) is 6.77. The number of hydrogen-bond acceptors (Lipinski definition) is 5. The molecule has 0 aliphatic carbocycles. The number of rotatable bonds is 6. The van der Waals surface area contributed by atoms with Gasteiger partial charge in [0.25, 0.3) is 0 Å². The van der Waals surface area contributed by atoms with Gasteiger partial charge in [0.2, 0.25) is 0 Å². The van der Waals surface area contributed by atoms with Crippen LogP contribution < -0.4 is 14.2 Å². The monoisotopic (exact) mass is 378 g/mol. The second-order valence-corrected chi connectivity index (χ2v) is 5.55. The zero-order valence-electron chi connectivity index (χ0n) is 12.7. The highest BCUT2D eigenvalue weighted by atomic mass is 79.9. The molecule has 0 aliphatic heterocycles. The molecule has 0 aromatic heterocycles. The fourth-order valence-electron chi connectivity index (χ4n) is 1.90. The number of methoxy groups -OCH3 is 1. The third-order valence-electron chi connectivity index (χ3n) is 3.01. The second-order valence-electron chi connectivity index (χ2n) is 4.69. The number of carbonyl (C=O) groups excluding carboxylic acids is 2. The summed E-state index contributed by atoms with van der Waals surface area (Å²) in [6, 6.07) is 10.3. The van der Waals surface area contributed by atoms with Crippen molar-refractivity contribution in [2.45, 2.75) is 6.92 Å². The number of ether oxygens (including phenoxy) is 3. The maximum Gasteiger partial charge on any atom is 0.349 e. The molecule has 0 fully saturated rings. The molecule has 0 aliphatic rings. The molecule has 0 unspecified atom stereocenters. The average Bonchev–Trinajstić information content (AvgIpc) is 2.54. The Hall–Kier alpha value is -2.34. The smallest absolute Gasteiger partial charge is 0.349 e. The molecule has 2 aromatic rings. The molecule has 2 aromatic carbocycles. The minimum atomic E-state index is -0.634. The van der Waals surface area contributed by atoms with Gasteiger partial charge in [0.15, 0.2) is 24.4 Å². The van der Waals surface area contributed by atoms with Gasteiger partial charge in [-0.25, -0.2) is 4.79 Å². The number of halogens is 1. The fraction of sp³-hybridized carbons (Fsp3) is 0.176. The number of para-hydroxylation sites is 1. The van der Waals surface area contributed by atoms with Crippen LogP contribution in [0.5, 0.6) is 17.2 Å². The van der Waals surface area contributed by atoms with Crippen LogP contribution in [0.3, 0.4) is 0 Å². The Morgan fingerprint density at radius 3 is 2.65 bits per heavy atom. The number of aldehydes is 1.